The quantitative estimate of drug-likeness (QED) is 0.749. The summed E-state index contributed by atoms with van der Waals surface area (Å²) in [5.41, 5.74) is 4.87. The van der Waals surface area contributed by atoms with E-state index in [1.807, 2.05) is 0 Å². The lowest BCUT2D eigenvalue weighted by molar-refractivity contribution is -0.152. The van der Waals surface area contributed by atoms with Crippen LogP contribution in [-0.2, 0) is 14.3 Å². The van der Waals surface area contributed by atoms with Gasteiger partial charge < -0.3 is 15.2 Å². The first kappa shape index (κ1) is 14.5. The summed E-state index contributed by atoms with van der Waals surface area (Å²) in [4.78, 5) is 11.6. The van der Waals surface area contributed by atoms with E-state index in [9.17, 15) is 4.79 Å². The molecule has 3 unspecified atom stereocenters. The van der Waals surface area contributed by atoms with Crippen LogP contribution in [0.2, 0.25) is 0 Å². The number of hydrogen-bond donors (Lipinski definition) is 1. The monoisotopic (exact) mass is 243 g/mol. The molecule has 0 heterocycles. The summed E-state index contributed by atoms with van der Waals surface area (Å²) in [6, 6.07) is 0. The van der Waals surface area contributed by atoms with Crippen molar-refractivity contribution in [3.8, 4) is 0 Å². The van der Waals surface area contributed by atoms with Crippen LogP contribution in [0.25, 0.3) is 0 Å². The topological polar surface area (TPSA) is 61.5 Å². The van der Waals surface area contributed by atoms with Gasteiger partial charge >= 0.3 is 5.97 Å². The minimum Gasteiger partial charge on any atom is -0.465 e. The Morgan fingerprint density at radius 2 is 2.18 bits per heavy atom. The Balaban J connectivity index is 2.35. The Hall–Kier alpha value is -0.610. The van der Waals surface area contributed by atoms with Crippen molar-refractivity contribution in [2.75, 3.05) is 13.2 Å². The van der Waals surface area contributed by atoms with E-state index in [-0.39, 0.29) is 18.7 Å². The maximum atomic E-state index is 11.6. The summed E-state index contributed by atoms with van der Waals surface area (Å²) in [5.74, 6) is 0.323. The Labute approximate surface area is 104 Å². The summed E-state index contributed by atoms with van der Waals surface area (Å²) >= 11 is 0. The molecule has 0 aromatic rings. The number of carbonyl (C=O) groups excluding carboxylic acids is 1. The van der Waals surface area contributed by atoms with Crippen molar-refractivity contribution in [3.63, 3.8) is 0 Å². The fraction of sp³-hybridized carbons (Fsp3) is 0.923. The fourth-order valence-corrected chi connectivity index (χ4v) is 2.18. The Morgan fingerprint density at radius 1 is 1.47 bits per heavy atom. The van der Waals surface area contributed by atoms with Crippen LogP contribution in [0.5, 0.6) is 0 Å². The molecule has 0 saturated heterocycles. The second-order valence-corrected chi connectivity index (χ2v) is 5.34. The van der Waals surface area contributed by atoms with Crippen molar-refractivity contribution in [3.05, 3.63) is 0 Å². The fourth-order valence-electron chi connectivity index (χ4n) is 2.18. The van der Waals surface area contributed by atoms with Crippen LogP contribution < -0.4 is 5.73 Å². The molecule has 17 heavy (non-hydrogen) atoms. The van der Waals surface area contributed by atoms with Crippen LogP contribution in [-0.4, -0.2) is 30.8 Å². The minimum absolute atomic E-state index is 0.239. The number of esters is 1. The van der Waals surface area contributed by atoms with E-state index < -0.39 is 5.54 Å². The van der Waals surface area contributed by atoms with Crippen LogP contribution in [0, 0.1) is 5.92 Å². The summed E-state index contributed by atoms with van der Waals surface area (Å²) in [7, 11) is 0. The van der Waals surface area contributed by atoms with Gasteiger partial charge in [0.2, 0.25) is 0 Å². The number of hydrogen-bond acceptors (Lipinski definition) is 4. The highest BCUT2D eigenvalue weighted by atomic mass is 16.5. The average molecular weight is 243 g/mol. The SMILES string of the molecule is CCOC(=O)C(C)(N)COC1CCCC(C)C1. The molecule has 4 heteroatoms. The van der Waals surface area contributed by atoms with Gasteiger partial charge in [-0.15, -0.1) is 0 Å². The predicted molar refractivity (Wildman–Crippen MR) is 66.6 cm³/mol. The first-order chi connectivity index (χ1) is 7.95. The van der Waals surface area contributed by atoms with Gasteiger partial charge in [-0.1, -0.05) is 19.8 Å². The van der Waals surface area contributed by atoms with Crippen molar-refractivity contribution in [2.24, 2.45) is 11.7 Å². The second-order valence-electron chi connectivity index (χ2n) is 5.34. The molecule has 0 radical (unpaired) electrons. The second kappa shape index (κ2) is 6.36. The molecule has 1 saturated carbocycles. The van der Waals surface area contributed by atoms with Gasteiger partial charge in [0.15, 0.2) is 0 Å². The molecule has 0 aromatic heterocycles. The summed E-state index contributed by atoms with van der Waals surface area (Å²) in [6.45, 7) is 6.27. The van der Waals surface area contributed by atoms with Crippen LogP contribution in [0.15, 0.2) is 0 Å². The van der Waals surface area contributed by atoms with Crippen molar-refractivity contribution >= 4 is 5.97 Å². The van der Waals surface area contributed by atoms with Crippen LogP contribution in [0.1, 0.15) is 46.5 Å². The molecule has 0 bridgehead atoms. The van der Waals surface area contributed by atoms with Gasteiger partial charge in [-0.25, -0.2) is 4.79 Å². The lowest BCUT2D eigenvalue weighted by Gasteiger charge is -2.30. The third kappa shape index (κ3) is 4.64. The third-order valence-electron chi connectivity index (χ3n) is 3.25. The average Bonchev–Trinajstić information content (AvgIpc) is 2.27. The largest absolute Gasteiger partial charge is 0.465 e. The molecule has 0 spiro atoms. The molecule has 1 fully saturated rings. The number of rotatable bonds is 5. The zero-order valence-corrected chi connectivity index (χ0v) is 11.2. The number of ether oxygens (including phenoxy) is 2. The Morgan fingerprint density at radius 3 is 2.76 bits per heavy atom. The maximum absolute atomic E-state index is 11.6. The van der Waals surface area contributed by atoms with Crippen LogP contribution >= 0.6 is 0 Å². The molecule has 2 N–H and O–H groups in total. The van der Waals surface area contributed by atoms with Crippen molar-refractivity contribution in [1.82, 2.24) is 0 Å². The molecular weight excluding hydrogens is 218 g/mol. The van der Waals surface area contributed by atoms with Crippen LogP contribution in [0.4, 0.5) is 0 Å². The van der Waals surface area contributed by atoms with Gasteiger partial charge in [0.05, 0.1) is 19.3 Å². The molecular formula is C13H25NO3. The molecule has 3 atom stereocenters. The van der Waals surface area contributed by atoms with E-state index in [4.69, 9.17) is 15.2 Å². The van der Waals surface area contributed by atoms with E-state index in [2.05, 4.69) is 6.92 Å². The lowest BCUT2D eigenvalue weighted by Crippen LogP contribution is -2.51. The first-order valence-electron chi connectivity index (χ1n) is 6.53. The van der Waals surface area contributed by atoms with E-state index >= 15 is 0 Å². The highest BCUT2D eigenvalue weighted by Crippen LogP contribution is 2.26. The van der Waals surface area contributed by atoms with Crippen molar-refractivity contribution < 1.29 is 14.3 Å². The van der Waals surface area contributed by atoms with Gasteiger partial charge in [-0.2, -0.15) is 0 Å². The van der Waals surface area contributed by atoms with Gasteiger partial charge in [-0.3, -0.25) is 0 Å². The maximum Gasteiger partial charge on any atom is 0.328 e. The van der Waals surface area contributed by atoms with Gasteiger partial charge in [-0.05, 0) is 32.6 Å². The Kier molecular flexibility index (Phi) is 5.40. The van der Waals surface area contributed by atoms with Crippen molar-refractivity contribution in [2.45, 2.75) is 58.1 Å². The summed E-state index contributed by atoms with van der Waals surface area (Å²) in [6.07, 6.45) is 4.86. The van der Waals surface area contributed by atoms with E-state index in [1.165, 1.54) is 12.8 Å². The van der Waals surface area contributed by atoms with Gasteiger partial charge in [0.25, 0.3) is 0 Å². The highest BCUT2D eigenvalue weighted by molar-refractivity contribution is 5.80. The van der Waals surface area contributed by atoms with Gasteiger partial charge in [0.1, 0.15) is 5.54 Å². The minimum atomic E-state index is -1.03. The molecule has 0 aromatic carbocycles. The summed E-state index contributed by atoms with van der Waals surface area (Å²) in [5, 5.41) is 0. The highest BCUT2D eigenvalue weighted by Gasteiger charge is 2.32. The molecule has 4 nitrogen and oxygen atoms in total. The zero-order valence-electron chi connectivity index (χ0n) is 11.2. The molecule has 100 valence electrons. The third-order valence-corrected chi connectivity index (χ3v) is 3.25. The Bertz CT molecular complexity index is 253. The van der Waals surface area contributed by atoms with Crippen LogP contribution in [0.3, 0.4) is 0 Å². The standard InChI is InChI=1S/C13H25NO3/c1-4-16-12(15)13(3,14)9-17-11-7-5-6-10(2)8-11/h10-11H,4-9,14H2,1-3H3. The smallest absolute Gasteiger partial charge is 0.328 e. The van der Waals surface area contributed by atoms with E-state index in [0.717, 1.165) is 12.8 Å². The molecule has 0 amide bonds. The van der Waals surface area contributed by atoms with Gasteiger partial charge in [0, 0.05) is 0 Å². The number of carbonyl (C=O) groups is 1. The van der Waals surface area contributed by atoms with Crippen molar-refractivity contribution in [1.29, 1.82) is 0 Å². The lowest BCUT2D eigenvalue weighted by atomic mass is 9.88. The predicted octanol–water partition coefficient (Wildman–Crippen LogP) is 1.86. The molecule has 1 aliphatic rings. The normalized spacial score (nSPS) is 28.5. The first-order valence-corrected chi connectivity index (χ1v) is 6.53. The zero-order chi connectivity index (χ0) is 12.9. The number of nitrogens with two attached hydrogens (primary N) is 1. The summed E-state index contributed by atoms with van der Waals surface area (Å²) < 4.78 is 10.7. The molecule has 1 rings (SSSR count). The molecule has 0 aliphatic heterocycles. The van der Waals surface area contributed by atoms with E-state index in [1.54, 1.807) is 13.8 Å². The van der Waals surface area contributed by atoms with E-state index in [0.29, 0.717) is 12.5 Å². The molecule has 1 aliphatic carbocycles.